The van der Waals surface area contributed by atoms with Crippen molar-refractivity contribution in [3.8, 4) is 17.3 Å². The Balaban J connectivity index is 1.66. The fraction of sp³-hybridized carbons (Fsp3) is 0.444. The number of nitrogens with zero attached hydrogens (tertiary/aromatic N) is 5. The summed E-state index contributed by atoms with van der Waals surface area (Å²) in [7, 11) is 1.96. The van der Waals surface area contributed by atoms with Gasteiger partial charge in [-0.1, -0.05) is 0 Å². The normalized spacial score (nSPS) is 20.2. The van der Waals surface area contributed by atoms with Crippen LogP contribution < -0.4 is 4.74 Å². The van der Waals surface area contributed by atoms with Crippen LogP contribution in [-0.4, -0.2) is 37.9 Å². The van der Waals surface area contributed by atoms with E-state index in [1.165, 1.54) is 0 Å². The van der Waals surface area contributed by atoms with Gasteiger partial charge in [-0.05, 0) is 31.9 Å². The predicted molar refractivity (Wildman–Crippen MR) is 92.6 cm³/mol. The van der Waals surface area contributed by atoms with Crippen molar-refractivity contribution in [1.29, 1.82) is 0 Å². The summed E-state index contributed by atoms with van der Waals surface area (Å²) < 4.78 is 19.5. The summed E-state index contributed by atoms with van der Waals surface area (Å²) >= 11 is 0. The second kappa shape index (κ2) is 7.25. The van der Waals surface area contributed by atoms with Crippen molar-refractivity contribution in [2.75, 3.05) is 13.2 Å². The molecule has 0 N–H and O–H groups in total. The smallest absolute Gasteiger partial charge is 0.253 e. The van der Waals surface area contributed by atoms with E-state index in [2.05, 4.69) is 20.2 Å². The van der Waals surface area contributed by atoms with E-state index in [0.717, 1.165) is 18.7 Å². The Bertz CT molecular complexity index is 875. The zero-order chi connectivity index (χ0) is 17.9. The Hall–Kier alpha value is -2.74. The summed E-state index contributed by atoms with van der Waals surface area (Å²) in [6, 6.07) is 3.69. The average molecular weight is 355 g/mol. The van der Waals surface area contributed by atoms with E-state index in [9.17, 15) is 0 Å². The molecule has 8 heteroatoms. The first-order valence-corrected chi connectivity index (χ1v) is 8.78. The molecule has 136 valence electrons. The molecule has 8 nitrogen and oxygen atoms in total. The predicted octanol–water partition coefficient (Wildman–Crippen LogP) is 2.90. The highest BCUT2D eigenvalue weighted by Gasteiger charge is 2.35. The number of aryl methyl sites for hydroxylation is 1. The minimum absolute atomic E-state index is 0.0293. The second-order valence-electron chi connectivity index (χ2n) is 6.17. The largest absolute Gasteiger partial charge is 0.477 e. The summed E-state index contributed by atoms with van der Waals surface area (Å²) in [4.78, 5) is 8.68. The van der Waals surface area contributed by atoms with E-state index in [-0.39, 0.29) is 12.0 Å². The molecular formula is C18H21N5O3. The molecule has 3 aromatic heterocycles. The van der Waals surface area contributed by atoms with E-state index in [1.54, 1.807) is 12.4 Å². The van der Waals surface area contributed by atoms with Gasteiger partial charge in [0.1, 0.15) is 17.5 Å². The molecule has 1 saturated heterocycles. The molecule has 1 aliphatic heterocycles. The molecule has 0 spiro atoms. The highest BCUT2D eigenvalue weighted by Crippen LogP contribution is 2.40. The molecule has 26 heavy (non-hydrogen) atoms. The van der Waals surface area contributed by atoms with Crippen LogP contribution in [-0.2, 0) is 11.8 Å². The molecule has 0 amide bonds. The van der Waals surface area contributed by atoms with E-state index < -0.39 is 0 Å². The minimum atomic E-state index is -0.197. The quantitative estimate of drug-likeness (QED) is 0.695. The van der Waals surface area contributed by atoms with Crippen molar-refractivity contribution in [2.24, 2.45) is 7.05 Å². The van der Waals surface area contributed by atoms with Crippen LogP contribution in [0.15, 0.2) is 35.1 Å². The molecule has 0 aromatic carbocycles. The van der Waals surface area contributed by atoms with Gasteiger partial charge in [-0.25, -0.2) is 9.97 Å². The van der Waals surface area contributed by atoms with Crippen LogP contribution in [0.4, 0.5) is 0 Å². The molecule has 0 bridgehead atoms. The van der Waals surface area contributed by atoms with Gasteiger partial charge in [0.25, 0.3) is 5.89 Å². The maximum absolute atomic E-state index is 6.01. The summed E-state index contributed by atoms with van der Waals surface area (Å²) in [5, 5.41) is 8.51. The molecular weight excluding hydrogens is 334 g/mol. The van der Waals surface area contributed by atoms with Gasteiger partial charge in [0.15, 0.2) is 0 Å². The van der Waals surface area contributed by atoms with Crippen LogP contribution in [0.5, 0.6) is 5.88 Å². The molecule has 3 aromatic rings. The maximum Gasteiger partial charge on any atom is 0.253 e. The fourth-order valence-corrected chi connectivity index (χ4v) is 3.24. The topological polar surface area (TPSA) is 88.1 Å². The summed E-state index contributed by atoms with van der Waals surface area (Å²) in [5.41, 5.74) is 0.693. The lowest BCUT2D eigenvalue weighted by atomic mass is 9.93. The molecule has 0 unspecified atom stereocenters. The molecule has 0 radical (unpaired) electrons. The summed E-state index contributed by atoms with van der Waals surface area (Å²) in [6.45, 7) is 3.13. The second-order valence-corrected chi connectivity index (χ2v) is 6.17. The zero-order valence-electron chi connectivity index (χ0n) is 14.8. The number of hydrogen-bond acceptors (Lipinski definition) is 7. The van der Waals surface area contributed by atoms with Crippen LogP contribution in [0.25, 0.3) is 11.5 Å². The Labute approximate surface area is 151 Å². The fourth-order valence-electron chi connectivity index (χ4n) is 3.24. The van der Waals surface area contributed by atoms with Gasteiger partial charge < -0.3 is 18.5 Å². The third-order valence-electron chi connectivity index (χ3n) is 4.48. The van der Waals surface area contributed by atoms with Crippen molar-refractivity contribution in [3.63, 3.8) is 0 Å². The summed E-state index contributed by atoms with van der Waals surface area (Å²) in [5.74, 6) is 2.29. The third-order valence-corrected chi connectivity index (χ3v) is 4.48. The Morgan fingerprint density at radius 1 is 1.27 bits per heavy atom. The van der Waals surface area contributed by atoms with Gasteiger partial charge in [0.05, 0.1) is 12.5 Å². The molecule has 0 aliphatic carbocycles. The van der Waals surface area contributed by atoms with E-state index in [0.29, 0.717) is 36.4 Å². The SMILES string of the molecule is CCOc1ncccc1-c1nnc([C@@H]2CCCO[C@H]2c2nccn2C)o1. The molecule has 1 fully saturated rings. The van der Waals surface area contributed by atoms with Crippen LogP contribution in [0, 0.1) is 0 Å². The first-order valence-electron chi connectivity index (χ1n) is 8.78. The van der Waals surface area contributed by atoms with Gasteiger partial charge in [0.2, 0.25) is 11.8 Å². The van der Waals surface area contributed by atoms with Gasteiger partial charge in [-0.2, -0.15) is 0 Å². The Morgan fingerprint density at radius 2 is 2.19 bits per heavy atom. The standard InChI is InChI=1S/C18H21N5O3/c1-3-24-16-13(6-4-8-20-16)18-22-21-17(26-18)12-7-5-11-25-14(12)15-19-9-10-23(15)2/h4,6,8-10,12,14H,3,5,7,11H2,1-2H3/t12-,14-/m1/s1. The van der Waals surface area contributed by atoms with Crippen molar-refractivity contribution in [1.82, 2.24) is 24.7 Å². The Morgan fingerprint density at radius 3 is 3.00 bits per heavy atom. The first-order chi connectivity index (χ1) is 12.8. The van der Waals surface area contributed by atoms with Crippen molar-refractivity contribution < 1.29 is 13.9 Å². The van der Waals surface area contributed by atoms with Crippen molar-refractivity contribution in [2.45, 2.75) is 31.8 Å². The lowest BCUT2D eigenvalue weighted by molar-refractivity contribution is -0.0156. The highest BCUT2D eigenvalue weighted by atomic mass is 16.5. The van der Waals surface area contributed by atoms with Crippen LogP contribution >= 0.6 is 0 Å². The first kappa shape index (κ1) is 16.7. The third kappa shape index (κ3) is 3.08. The number of ether oxygens (including phenoxy) is 2. The van der Waals surface area contributed by atoms with Gasteiger partial charge in [0, 0.05) is 32.2 Å². The lowest BCUT2D eigenvalue weighted by Crippen LogP contribution is -2.23. The molecule has 4 rings (SSSR count). The van der Waals surface area contributed by atoms with E-state index in [1.807, 2.05) is 36.9 Å². The molecule has 0 saturated carbocycles. The minimum Gasteiger partial charge on any atom is -0.477 e. The van der Waals surface area contributed by atoms with Crippen LogP contribution in [0.2, 0.25) is 0 Å². The van der Waals surface area contributed by atoms with Crippen molar-refractivity contribution >= 4 is 0 Å². The molecule has 4 heterocycles. The number of hydrogen-bond donors (Lipinski definition) is 0. The zero-order valence-corrected chi connectivity index (χ0v) is 14.8. The number of pyridine rings is 1. The average Bonchev–Trinajstić information content (AvgIpc) is 3.32. The maximum atomic E-state index is 6.01. The van der Waals surface area contributed by atoms with E-state index >= 15 is 0 Å². The van der Waals surface area contributed by atoms with Gasteiger partial charge >= 0.3 is 0 Å². The van der Waals surface area contributed by atoms with Crippen LogP contribution in [0.3, 0.4) is 0 Å². The van der Waals surface area contributed by atoms with Crippen LogP contribution in [0.1, 0.15) is 43.5 Å². The number of imidazole rings is 1. The summed E-state index contributed by atoms with van der Waals surface area (Å²) in [6.07, 6.45) is 7.02. The number of rotatable bonds is 5. The lowest BCUT2D eigenvalue weighted by Gasteiger charge is -2.28. The van der Waals surface area contributed by atoms with Crippen molar-refractivity contribution in [3.05, 3.63) is 42.4 Å². The number of aromatic nitrogens is 5. The van der Waals surface area contributed by atoms with E-state index in [4.69, 9.17) is 13.9 Å². The van der Waals surface area contributed by atoms with Gasteiger partial charge in [-0.3, -0.25) is 0 Å². The molecule has 2 atom stereocenters. The Kier molecular flexibility index (Phi) is 4.66. The monoisotopic (exact) mass is 355 g/mol. The highest BCUT2D eigenvalue weighted by molar-refractivity contribution is 5.59. The molecule has 1 aliphatic rings. The van der Waals surface area contributed by atoms with Gasteiger partial charge in [-0.15, -0.1) is 10.2 Å².